The lowest BCUT2D eigenvalue weighted by Crippen LogP contribution is -2.36. The van der Waals surface area contributed by atoms with Gasteiger partial charge in [0.2, 0.25) is 0 Å². The maximum atomic E-state index is 12.8. The predicted octanol–water partition coefficient (Wildman–Crippen LogP) is 5.10. The molecule has 5 nitrogen and oxygen atoms in total. The Morgan fingerprint density at radius 2 is 1.61 bits per heavy atom. The van der Waals surface area contributed by atoms with Crippen LogP contribution in [0, 0.1) is 0 Å². The molecule has 3 aromatic carbocycles. The van der Waals surface area contributed by atoms with E-state index >= 15 is 0 Å². The molecule has 31 heavy (non-hydrogen) atoms. The molecule has 3 aromatic rings. The highest BCUT2D eigenvalue weighted by Crippen LogP contribution is 2.29. The third-order valence-electron chi connectivity index (χ3n) is 4.91. The van der Waals surface area contributed by atoms with Crippen LogP contribution in [-0.4, -0.2) is 34.8 Å². The first kappa shape index (κ1) is 21.7. The molecule has 0 saturated heterocycles. The monoisotopic (exact) mass is 470 g/mol. The summed E-state index contributed by atoms with van der Waals surface area (Å²) in [7, 11) is 1.74. The second-order valence-corrected chi connectivity index (χ2v) is 8.93. The van der Waals surface area contributed by atoms with Gasteiger partial charge in [-0.15, -0.1) is 0 Å². The van der Waals surface area contributed by atoms with Crippen molar-refractivity contribution in [3.63, 3.8) is 0 Å². The van der Waals surface area contributed by atoms with E-state index in [0.717, 1.165) is 16.8 Å². The van der Waals surface area contributed by atoms with Crippen molar-refractivity contribution in [1.29, 1.82) is 0 Å². The molecule has 8 heteroatoms. The highest BCUT2D eigenvalue weighted by atomic mass is 35.5. The SMILES string of the molecule is CN/C(=N\[S+]([O-])c1ccc(Cl)cc1)N1C[C@H](c2ccccc2)C(c2ccc(Cl)cc2)=N1. The molecule has 0 saturated carbocycles. The first-order valence-electron chi connectivity index (χ1n) is 9.66. The number of hydrazone groups is 1. The molecule has 158 valence electrons. The van der Waals surface area contributed by atoms with Gasteiger partial charge in [-0.2, -0.15) is 5.10 Å². The Morgan fingerprint density at radius 3 is 2.23 bits per heavy atom. The Balaban J connectivity index is 1.67. The van der Waals surface area contributed by atoms with Crippen LogP contribution in [0.5, 0.6) is 0 Å². The lowest BCUT2D eigenvalue weighted by atomic mass is 9.91. The number of halogens is 2. The first-order chi connectivity index (χ1) is 15.0. The zero-order valence-electron chi connectivity index (χ0n) is 16.7. The summed E-state index contributed by atoms with van der Waals surface area (Å²) >= 11 is 10.4. The molecule has 0 spiro atoms. The average Bonchev–Trinajstić information content (AvgIpc) is 3.24. The smallest absolute Gasteiger partial charge is 0.268 e. The topological polar surface area (TPSA) is 63.1 Å². The number of benzene rings is 3. The average molecular weight is 471 g/mol. The van der Waals surface area contributed by atoms with Gasteiger partial charge in [-0.25, -0.2) is 5.01 Å². The maximum Gasteiger partial charge on any atom is 0.268 e. The minimum atomic E-state index is -1.59. The van der Waals surface area contributed by atoms with Crippen molar-refractivity contribution in [3.8, 4) is 0 Å². The highest BCUT2D eigenvalue weighted by molar-refractivity contribution is 7.90. The first-order valence-corrected chi connectivity index (χ1v) is 11.5. The van der Waals surface area contributed by atoms with E-state index in [2.05, 4.69) is 21.8 Å². The molecule has 4 rings (SSSR count). The summed E-state index contributed by atoms with van der Waals surface area (Å²) in [4.78, 5) is 0.567. The van der Waals surface area contributed by atoms with Gasteiger partial charge < -0.3 is 9.87 Å². The van der Waals surface area contributed by atoms with Crippen LogP contribution >= 0.6 is 23.2 Å². The quantitative estimate of drug-likeness (QED) is 0.327. The molecule has 2 atom stereocenters. The minimum Gasteiger partial charge on any atom is -0.586 e. The number of nitrogens with one attached hydrogen (secondary N) is 1. The summed E-state index contributed by atoms with van der Waals surface area (Å²) in [6, 6.07) is 24.6. The summed E-state index contributed by atoms with van der Waals surface area (Å²) in [6.07, 6.45) is 0. The number of hydrogen-bond donors (Lipinski definition) is 1. The van der Waals surface area contributed by atoms with Crippen LogP contribution in [0.25, 0.3) is 0 Å². The molecule has 0 fully saturated rings. The fourth-order valence-corrected chi connectivity index (χ4v) is 4.43. The predicted molar refractivity (Wildman–Crippen MR) is 128 cm³/mol. The van der Waals surface area contributed by atoms with Crippen molar-refractivity contribution < 1.29 is 4.55 Å². The molecule has 1 aliphatic heterocycles. The van der Waals surface area contributed by atoms with Crippen LogP contribution in [0.3, 0.4) is 0 Å². The van der Waals surface area contributed by atoms with Gasteiger partial charge in [0.05, 0.1) is 12.3 Å². The molecule has 0 aromatic heterocycles. The second kappa shape index (κ2) is 9.75. The largest absolute Gasteiger partial charge is 0.586 e. The zero-order valence-corrected chi connectivity index (χ0v) is 19.0. The zero-order chi connectivity index (χ0) is 21.8. The van der Waals surface area contributed by atoms with E-state index in [1.54, 1.807) is 36.3 Å². The van der Waals surface area contributed by atoms with E-state index in [0.29, 0.717) is 27.4 Å². The van der Waals surface area contributed by atoms with Crippen molar-refractivity contribution in [2.24, 2.45) is 9.50 Å². The van der Waals surface area contributed by atoms with Gasteiger partial charge in [-0.05, 0) is 51.9 Å². The fraction of sp³-hybridized carbons (Fsp3) is 0.130. The van der Waals surface area contributed by atoms with Gasteiger partial charge >= 0.3 is 0 Å². The number of hydrogen-bond acceptors (Lipinski definition) is 3. The Labute approximate surface area is 194 Å². The van der Waals surface area contributed by atoms with Crippen molar-refractivity contribution in [2.45, 2.75) is 10.8 Å². The molecule has 1 N–H and O–H groups in total. The Bertz CT molecular complexity index is 1090. The number of nitrogens with zero attached hydrogens (tertiary/aromatic N) is 3. The minimum absolute atomic E-state index is 0.0323. The molecule has 0 radical (unpaired) electrons. The van der Waals surface area contributed by atoms with E-state index in [1.165, 1.54) is 0 Å². The number of rotatable bonds is 4. The van der Waals surface area contributed by atoms with Gasteiger partial charge in [0.15, 0.2) is 4.90 Å². The summed E-state index contributed by atoms with van der Waals surface area (Å²) in [5.74, 6) is 0.461. The Hall–Kier alpha value is -2.51. The van der Waals surface area contributed by atoms with Crippen LogP contribution < -0.4 is 5.32 Å². The maximum absolute atomic E-state index is 12.8. The molecule has 1 unspecified atom stereocenters. The molecule has 1 aliphatic rings. The van der Waals surface area contributed by atoms with Crippen LogP contribution in [0.4, 0.5) is 0 Å². The van der Waals surface area contributed by atoms with Gasteiger partial charge in [0.1, 0.15) is 11.4 Å². The fourth-order valence-electron chi connectivity index (χ4n) is 3.37. The summed E-state index contributed by atoms with van der Waals surface area (Å²) < 4.78 is 17.2. The van der Waals surface area contributed by atoms with Crippen LogP contribution in [0.2, 0.25) is 10.0 Å². The molecule has 1 heterocycles. The van der Waals surface area contributed by atoms with Gasteiger partial charge in [-0.1, -0.05) is 65.7 Å². The van der Waals surface area contributed by atoms with Crippen LogP contribution in [0.15, 0.2) is 93.3 Å². The van der Waals surface area contributed by atoms with Crippen LogP contribution in [-0.2, 0) is 11.4 Å². The summed E-state index contributed by atoms with van der Waals surface area (Å²) in [5.41, 5.74) is 3.03. The Morgan fingerprint density at radius 1 is 1.00 bits per heavy atom. The van der Waals surface area contributed by atoms with Crippen molar-refractivity contribution in [2.75, 3.05) is 13.6 Å². The van der Waals surface area contributed by atoms with Crippen molar-refractivity contribution in [3.05, 3.63) is 100 Å². The van der Waals surface area contributed by atoms with Crippen molar-refractivity contribution >= 4 is 46.2 Å². The van der Waals surface area contributed by atoms with Crippen molar-refractivity contribution in [1.82, 2.24) is 10.3 Å². The number of guanidine groups is 1. The normalized spacial score (nSPS) is 17.4. The van der Waals surface area contributed by atoms with E-state index in [9.17, 15) is 4.55 Å². The van der Waals surface area contributed by atoms with E-state index in [-0.39, 0.29) is 5.92 Å². The second-order valence-electron chi connectivity index (χ2n) is 6.91. The van der Waals surface area contributed by atoms with Gasteiger partial charge in [-0.3, -0.25) is 0 Å². The molecule has 0 aliphatic carbocycles. The standard InChI is InChI=1S/C23H20Cl2N4OS/c1-26-23(28-31(30)20-13-11-19(25)12-14-20)29-15-21(16-5-3-2-4-6-16)22(27-29)17-7-9-18(24)10-8-17/h2-14,21H,15H2,1H3,(H,26,28)/t21-,31?/m1/s1. The molecular formula is C23H20Cl2N4OS. The van der Waals surface area contributed by atoms with Gasteiger partial charge in [0.25, 0.3) is 5.96 Å². The third kappa shape index (κ3) is 5.05. The molecular weight excluding hydrogens is 451 g/mol. The van der Waals surface area contributed by atoms with Crippen LogP contribution in [0.1, 0.15) is 17.0 Å². The third-order valence-corrected chi connectivity index (χ3v) is 6.43. The lowest BCUT2D eigenvalue weighted by molar-refractivity contribution is 0.460. The van der Waals surface area contributed by atoms with E-state index in [4.69, 9.17) is 28.3 Å². The molecule has 0 amide bonds. The van der Waals surface area contributed by atoms with Gasteiger partial charge in [0, 0.05) is 23.0 Å². The summed E-state index contributed by atoms with van der Waals surface area (Å²) in [6.45, 7) is 0.569. The Kier molecular flexibility index (Phi) is 6.83. The van der Waals surface area contributed by atoms with E-state index in [1.807, 2.05) is 42.5 Å². The molecule has 0 bridgehead atoms. The highest BCUT2D eigenvalue weighted by Gasteiger charge is 2.32. The lowest BCUT2D eigenvalue weighted by Gasteiger charge is -2.17. The summed E-state index contributed by atoms with van der Waals surface area (Å²) in [5, 5.41) is 10.9. The van der Waals surface area contributed by atoms with E-state index < -0.39 is 11.4 Å².